The third-order valence-corrected chi connectivity index (χ3v) is 7.69. The molecule has 2 heterocycles. The summed E-state index contributed by atoms with van der Waals surface area (Å²) >= 11 is 1.45. The minimum Gasteiger partial charge on any atom is -0.368 e. The van der Waals surface area contributed by atoms with Crippen LogP contribution in [0.1, 0.15) is 25.8 Å². The standard InChI is InChI=1S/C23H21F2N5O2S2/c1-23(2,3)21-29-18(19(33-21)17-10-11-27-22(26)28-17)13-6-4-7-14(12-13)30-34(31,32)20-15(24)8-5-9-16(20)25/h4-12,30H,1-3H3,(H2,26,27,28). The molecule has 2 aromatic heterocycles. The smallest absolute Gasteiger partial charge is 0.267 e. The molecule has 176 valence electrons. The van der Waals surface area contributed by atoms with Crippen molar-refractivity contribution in [1.29, 1.82) is 0 Å². The number of nitrogens with one attached hydrogen (secondary N) is 1. The van der Waals surface area contributed by atoms with Crippen LogP contribution in [0, 0.1) is 11.6 Å². The Morgan fingerprint density at radius 3 is 2.32 bits per heavy atom. The van der Waals surface area contributed by atoms with Crippen molar-refractivity contribution in [3.63, 3.8) is 0 Å². The van der Waals surface area contributed by atoms with Crippen LogP contribution in [0.2, 0.25) is 0 Å². The van der Waals surface area contributed by atoms with Crippen LogP contribution in [-0.4, -0.2) is 23.4 Å². The second-order valence-electron chi connectivity index (χ2n) is 8.48. The number of nitrogens with zero attached hydrogens (tertiary/aromatic N) is 3. The van der Waals surface area contributed by atoms with Crippen LogP contribution in [0.5, 0.6) is 0 Å². The summed E-state index contributed by atoms with van der Waals surface area (Å²) < 4.78 is 55.9. The van der Waals surface area contributed by atoms with Crippen molar-refractivity contribution in [2.24, 2.45) is 0 Å². The Hall–Kier alpha value is -3.44. The molecule has 0 spiro atoms. The van der Waals surface area contributed by atoms with E-state index in [0.29, 0.717) is 17.0 Å². The van der Waals surface area contributed by atoms with Gasteiger partial charge in [0.2, 0.25) is 5.95 Å². The lowest BCUT2D eigenvalue weighted by atomic mass is 9.98. The number of nitrogens with two attached hydrogens (primary N) is 1. The monoisotopic (exact) mass is 501 g/mol. The number of sulfonamides is 1. The van der Waals surface area contributed by atoms with E-state index in [-0.39, 0.29) is 17.1 Å². The van der Waals surface area contributed by atoms with Crippen molar-refractivity contribution < 1.29 is 17.2 Å². The summed E-state index contributed by atoms with van der Waals surface area (Å²) in [6, 6.07) is 11.0. The van der Waals surface area contributed by atoms with Crippen molar-refractivity contribution in [2.45, 2.75) is 31.1 Å². The number of nitrogen functional groups attached to an aromatic ring is 1. The summed E-state index contributed by atoms with van der Waals surface area (Å²) in [6.07, 6.45) is 1.55. The van der Waals surface area contributed by atoms with E-state index in [9.17, 15) is 17.2 Å². The van der Waals surface area contributed by atoms with E-state index in [4.69, 9.17) is 10.7 Å². The van der Waals surface area contributed by atoms with Crippen molar-refractivity contribution in [3.05, 3.63) is 71.4 Å². The minimum absolute atomic E-state index is 0.114. The normalized spacial score (nSPS) is 12.0. The molecule has 7 nitrogen and oxygen atoms in total. The van der Waals surface area contributed by atoms with Crippen LogP contribution in [0.3, 0.4) is 0 Å². The lowest BCUT2D eigenvalue weighted by Gasteiger charge is -2.13. The van der Waals surface area contributed by atoms with E-state index >= 15 is 0 Å². The van der Waals surface area contributed by atoms with Crippen LogP contribution >= 0.6 is 11.3 Å². The van der Waals surface area contributed by atoms with Crippen molar-refractivity contribution >= 4 is 33.0 Å². The summed E-state index contributed by atoms with van der Waals surface area (Å²) in [6.45, 7) is 6.09. The zero-order chi connectivity index (χ0) is 24.7. The Morgan fingerprint density at radius 1 is 1.00 bits per heavy atom. The number of rotatable bonds is 5. The van der Waals surface area contributed by atoms with E-state index in [0.717, 1.165) is 28.1 Å². The molecule has 0 atom stereocenters. The molecule has 0 saturated carbocycles. The predicted molar refractivity (Wildman–Crippen MR) is 129 cm³/mol. The van der Waals surface area contributed by atoms with Gasteiger partial charge < -0.3 is 5.73 Å². The summed E-state index contributed by atoms with van der Waals surface area (Å²) in [5.41, 5.74) is 7.39. The number of anilines is 2. The van der Waals surface area contributed by atoms with Crippen molar-refractivity contribution in [3.8, 4) is 21.8 Å². The molecule has 0 unspecified atom stereocenters. The van der Waals surface area contributed by atoms with Crippen LogP contribution < -0.4 is 10.5 Å². The van der Waals surface area contributed by atoms with Gasteiger partial charge in [0, 0.05) is 22.9 Å². The number of halogens is 2. The topological polar surface area (TPSA) is 111 Å². The van der Waals surface area contributed by atoms with Gasteiger partial charge in [-0.3, -0.25) is 4.72 Å². The lowest BCUT2D eigenvalue weighted by Crippen LogP contribution is -2.16. The molecule has 0 saturated heterocycles. The molecule has 34 heavy (non-hydrogen) atoms. The summed E-state index contributed by atoms with van der Waals surface area (Å²) in [7, 11) is -4.51. The van der Waals surface area contributed by atoms with E-state index in [2.05, 4.69) is 14.7 Å². The Labute approximate surface area is 199 Å². The molecule has 3 N–H and O–H groups in total. The maximum atomic E-state index is 14.1. The molecule has 0 aliphatic carbocycles. The summed E-state index contributed by atoms with van der Waals surface area (Å²) in [5.74, 6) is -2.24. The van der Waals surface area contributed by atoms with Crippen LogP contribution in [0.25, 0.3) is 21.8 Å². The number of aromatic nitrogens is 3. The van der Waals surface area contributed by atoms with Gasteiger partial charge in [0.05, 0.1) is 21.3 Å². The Kier molecular flexibility index (Phi) is 6.09. The molecular weight excluding hydrogens is 480 g/mol. The molecule has 0 radical (unpaired) electrons. The quantitative estimate of drug-likeness (QED) is 0.388. The lowest BCUT2D eigenvalue weighted by molar-refractivity contribution is 0.521. The average molecular weight is 502 g/mol. The van der Waals surface area contributed by atoms with Crippen LogP contribution in [0.4, 0.5) is 20.4 Å². The average Bonchev–Trinajstić information content (AvgIpc) is 3.19. The molecule has 0 bridgehead atoms. The summed E-state index contributed by atoms with van der Waals surface area (Å²) in [4.78, 5) is 12.7. The molecule has 4 rings (SSSR count). The van der Waals surface area contributed by atoms with E-state index in [1.165, 1.54) is 17.4 Å². The first-order chi connectivity index (χ1) is 16.0. The highest BCUT2D eigenvalue weighted by Gasteiger charge is 2.26. The zero-order valence-corrected chi connectivity index (χ0v) is 20.1. The van der Waals surface area contributed by atoms with Gasteiger partial charge in [0.25, 0.3) is 10.0 Å². The molecule has 4 aromatic rings. The zero-order valence-electron chi connectivity index (χ0n) is 18.5. The molecule has 2 aromatic carbocycles. The first kappa shape index (κ1) is 23.7. The predicted octanol–water partition coefficient (Wildman–Crippen LogP) is 5.23. The number of benzene rings is 2. The molecule has 0 aliphatic heterocycles. The van der Waals surface area contributed by atoms with Crippen molar-refractivity contribution in [1.82, 2.24) is 15.0 Å². The second-order valence-corrected chi connectivity index (χ2v) is 11.1. The molecule has 0 aliphatic rings. The van der Waals surface area contributed by atoms with Gasteiger partial charge in [-0.2, -0.15) is 0 Å². The fourth-order valence-corrected chi connectivity index (χ4v) is 5.49. The molecule has 0 amide bonds. The molecule has 0 fully saturated rings. The maximum Gasteiger partial charge on any atom is 0.267 e. The third kappa shape index (κ3) is 4.75. The van der Waals surface area contributed by atoms with E-state index in [1.807, 2.05) is 20.8 Å². The highest BCUT2D eigenvalue weighted by atomic mass is 32.2. The van der Waals surface area contributed by atoms with Crippen LogP contribution in [0.15, 0.2) is 59.6 Å². The molecular formula is C23H21F2N5O2S2. The molecule has 11 heteroatoms. The first-order valence-electron chi connectivity index (χ1n) is 10.1. The van der Waals surface area contributed by atoms with Gasteiger partial charge in [-0.15, -0.1) is 11.3 Å². The Morgan fingerprint density at radius 2 is 1.68 bits per heavy atom. The first-order valence-corrected chi connectivity index (χ1v) is 12.4. The number of hydrogen-bond acceptors (Lipinski definition) is 7. The largest absolute Gasteiger partial charge is 0.368 e. The van der Waals surface area contributed by atoms with Crippen LogP contribution in [-0.2, 0) is 15.4 Å². The van der Waals surface area contributed by atoms with Gasteiger partial charge in [0.15, 0.2) is 4.90 Å². The Bertz CT molecular complexity index is 1460. The Balaban J connectivity index is 1.79. The van der Waals surface area contributed by atoms with Gasteiger partial charge in [-0.25, -0.2) is 32.2 Å². The fourth-order valence-electron chi connectivity index (χ4n) is 3.19. The highest BCUT2D eigenvalue weighted by Crippen LogP contribution is 2.40. The maximum absolute atomic E-state index is 14.1. The van der Waals surface area contributed by atoms with Gasteiger partial charge in [-0.05, 0) is 30.3 Å². The van der Waals surface area contributed by atoms with Crippen molar-refractivity contribution in [2.75, 3.05) is 10.5 Å². The van der Waals surface area contributed by atoms with Gasteiger partial charge in [-0.1, -0.05) is 39.0 Å². The summed E-state index contributed by atoms with van der Waals surface area (Å²) in [5, 5.41) is 0.842. The van der Waals surface area contributed by atoms with Gasteiger partial charge >= 0.3 is 0 Å². The van der Waals surface area contributed by atoms with E-state index in [1.54, 1.807) is 30.5 Å². The third-order valence-electron chi connectivity index (χ3n) is 4.75. The highest BCUT2D eigenvalue weighted by molar-refractivity contribution is 7.92. The second kappa shape index (κ2) is 8.73. The minimum atomic E-state index is -4.51. The number of hydrogen-bond donors (Lipinski definition) is 2. The van der Waals surface area contributed by atoms with Gasteiger partial charge in [0.1, 0.15) is 11.6 Å². The van der Waals surface area contributed by atoms with E-state index < -0.39 is 26.6 Å². The SMILES string of the molecule is CC(C)(C)c1nc(-c2cccc(NS(=O)(=O)c3c(F)cccc3F)c2)c(-c2ccnc(N)n2)s1. The fraction of sp³-hybridized carbons (Fsp3) is 0.174. The number of thiazole rings is 1.